The van der Waals surface area contributed by atoms with E-state index in [4.69, 9.17) is 13.7 Å². The van der Waals surface area contributed by atoms with Crippen LogP contribution in [0.15, 0.2) is 50.4 Å². The van der Waals surface area contributed by atoms with Crippen LogP contribution < -0.4 is 0 Å². The number of morpholine rings is 1. The van der Waals surface area contributed by atoms with Crippen molar-refractivity contribution in [2.75, 3.05) is 33.4 Å². The van der Waals surface area contributed by atoms with Gasteiger partial charge in [-0.15, -0.1) is 0 Å². The Balaban J connectivity index is 1.59. The minimum Gasteiger partial charge on any atom is -0.468 e. The maximum atomic E-state index is 13.1. The van der Waals surface area contributed by atoms with Gasteiger partial charge in [-0.05, 0) is 30.7 Å². The number of amides is 1. The largest absolute Gasteiger partial charge is 0.468 e. The van der Waals surface area contributed by atoms with E-state index in [0.29, 0.717) is 43.2 Å². The normalized spacial score (nSPS) is 14.9. The highest BCUT2D eigenvalue weighted by molar-refractivity contribution is 7.89. The number of furan rings is 1. The number of hydrogen-bond acceptors (Lipinski definition) is 8. The number of benzene rings is 1. The van der Waals surface area contributed by atoms with E-state index in [1.165, 1.54) is 23.7 Å². The fourth-order valence-corrected chi connectivity index (χ4v) is 4.61. The molecule has 1 aromatic carbocycles. The molecule has 4 rings (SSSR count). The Morgan fingerprint density at radius 2 is 2.00 bits per heavy atom. The molecule has 31 heavy (non-hydrogen) atoms. The fraction of sp³-hybridized carbons (Fsp3) is 0.350. The van der Waals surface area contributed by atoms with Crippen LogP contribution in [0, 0.1) is 6.92 Å². The molecule has 1 aliphatic rings. The second-order valence-electron chi connectivity index (χ2n) is 7.15. The number of ether oxygens (including phenoxy) is 1. The van der Waals surface area contributed by atoms with Crippen LogP contribution >= 0.6 is 0 Å². The van der Waals surface area contributed by atoms with Crippen LogP contribution in [-0.2, 0) is 21.3 Å². The summed E-state index contributed by atoms with van der Waals surface area (Å²) < 4.78 is 43.1. The summed E-state index contributed by atoms with van der Waals surface area (Å²) in [5.74, 6) is 0.156. The first kappa shape index (κ1) is 21.2. The number of nitrogens with zero attached hydrogens (tertiary/aromatic N) is 4. The molecular weight excluding hydrogens is 424 g/mol. The lowest BCUT2D eigenvalue weighted by molar-refractivity contribution is 0.0272. The number of rotatable bonds is 6. The quantitative estimate of drug-likeness (QED) is 0.563. The van der Waals surface area contributed by atoms with Crippen LogP contribution in [-0.4, -0.2) is 67.0 Å². The Hall–Kier alpha value is -3.02. The Kier molecular flexibility index (Phi) is 5.90. The zero-order valence-electron chi connectivity index (χ0n) is 17.1. The third kappa shape index (κ3) is 4.38. The Bertz CT molecular complexity index is 1170. The van der Waals surface area contributed by atoms with Gasteiger partial charge in [0.1, 0.15) is 5.76 Å². The van der Waals surface area contributed by atoms with E-state index in [2.05, 4.69) is 10.1 Å². The van der Waals surface area contributed by atoms with E-state index in [1.807, 2.05) is 0 Å². The molecule has 0 radical (unpaired) electrons. The van der Waals surface area contributed by atoms with Gasteiger partial charge in [0.05, 0.1) is 30.9 Å². The van der Waals surface area contributed by atoms with E-state index in [-0.39, 0.29) is 29.1 Å². The Morgan fingerprint density at radius 1 is 1.23 bits per heavy atom. The molecule has 2 aromatic heterocycles. The highest BCUT2D eigenvalue weighted by Crippen LogP contribution is 2.26. The predicted molar refractivity (Wildman–Crippen MR) is 109 cm³/mol. The fourth-order valence-electron chi connectivity index (χ4n) is 3.22. The van der Waals surface area contributed by atoms with Gasteiger partial charge in [0, 0.05) is 25.7 Å². The van der Waals surface area contributed by atoms with E-state index in [9.17, 15) is 13.2 Å². The van der Waals surface area contributed by atoms with Gasteiger partial charge in [-0.3, -0.25) is 4.79 Å². The molecule has 0 N–H and O–H groups in total. The van der Waals surface area contributed by atoms with Crippen LogP contribution in [0.25, 0.3) is 11.4 Å². The minimum absolute atomic E-state index is 0.0966. The van der Waals surface area contributed by atoms with Crippen molar-refractivity contribution in [1.82, 2.24) is 19.3 Å². The maximum absolute atomic E-state index is 13.1. The van der Waals surface area contributed by atoms with E-state index in [1.54, 1.807) is 36.1 Å². The third-order valence-corrected chi connectivity index (χ3v) is 6.95. The molecule has 164 valence electrons. The topological polar surface area (TPSA) is 119 Å². The number of sulfonamides is 1. The molecule has 1 saturated heterocycles. The van der Waals surface area contributed by atoms with Crippen LogP contribution in [0.1, 0.15) is 22.0 Å². The van der Waals surface area contributed by atoms with Crippen LogP contribution in [0.4, 0.5) is 0 Å². The number of carbonyl (C=O) groups is 1. The molecule has 0 bridgehead atoms. The molecule has 1 amide bonds. The molecule has 0 atom stereocenters. The smallest absolute Gasteiger partial charge is 0.316 e. The SMILES string of the molecule is Cc1ccc(-c2noc(C(=O)N3CCOCC3)n2)cc1S(=O)(=O)N(C)Cc1ccco1. The van der Waals surface area contributed by atoms with Crippen molar-refractivity contribution in [2.45, 2.75) is 18.4 Å². The molecule has 3 aromatic rings. The third-order valence-electron chi connectivity index (χ3n) is 5.00. The van der Waals surface area contributed by atoms with E-state index >= 15 is 0 Å². The molecule has 0 unspecified atom stereocenters. The highest BCUT2D eigenvalue weighted by atomic mass is 32.2. The summed E-state index contributed by atoms with van der Waals surface area (Å²) in [6, 6.07) is 8.25. The molecule has 10 nitrogen and oxygen atoms in total. The van der Waals surface area contributed by atoms with Gasteiger partial charge in [-0.1, -0.05) is 17.3 Å². The van der Waals surface area contributed by atoms with Gasteiger partial charge in [0.2, 0.25) is 15.8 Å². The summed E-state index contributed by atoms with van der Waals surface area (Å²) in [4.78, 5) is 18.4. The minimum atomic E-state index is -3.80. The van der Waals surface area contributed by atoms with E-state index < -0.39 is 10.0 Å². The summed E-state index contributed by atoms with van der Waals surface area (Å²) in [5, 5.41) is 3.87. The monoisotopic (exact) mass is 446 g/mol. The number of hydrogen-bond donors (Lipinski definition) is 0. The van der Waals surface area contributed by atoms with Crippen LogP contribution in [0.5, 0.6) is 0 Å². The molecule has 0 saturated carbocycles. The molecular formula is C20H22N4O6S. The van der Waals surface area contributed by atoms with Gasteiger partial charge < -0.3 is 18.6 Å². The molecule has 1 aliphatic heterocycles. The summed E-state index contributed by atoms with van der Waals surface area (Å²) >= 11 is 0. The Morgan fingerprint density at radius 3 is 2.71 bits per heavy atom. The lowest BCUT2D eigenvalue weighted by atomic mass is 10.1. The average molecular weight is 446 g/mol. The van der Waals surface area contributed by atoms with Crippen molar-refractivity contribution in [2.24, 2.45) is 0 Å². The molecule has 0 spiro atoms. The Labute approximate surface area is 179 Å². The van der Waals surface area contributed by atoms with Crippen LogP contribution in [0.2, 0.25) is 0 Å². The molecule has 11 heteroatoms. The zero-order chi connectivity index (χ0) is 22.0. The van der Waals surface area contributed by atoms with Crippen molar-refractivity contribution >= 4 is 15.9 Å². The number of aryl methyl sites for hydroxylation is 1. The van der Waals surface area contributed by atoms with Gasteiger partial charge in [0.15, 0.2) is 0 Å². The molecule has 3 heterocycles. The first-order chi connectivity index (χ1) is 14.9. The second kappa shape index (κ2) is 8.61. The van der Waals surface area contributed by atoms with Crippen molar-refractivity contribution in [3.05, 3.63) is 53.8 Å². The zero-order valence-corrected chi connectivity index (χ0v) is 18.0. The van der Waals surface area contributed by atoms with Crippen molar-refractivity contribution in [1.29, 1.82) is 0 Å². The lowest BCUT2D eigenvalue weighted by Crippen LogP contribution is -2.40. The maximum Gasteiger partial charge on any atom is 0.316 e. The van der Waals surface area contributed by atoms with Gasteiger partial charge in [-0.2, -0.15) is 9.29 Å². The van der Waals surface area contributed by atoms with Crippen LogP contribution in [0.3, 0.4) is 0 Å². The predicted octanol–water partition coefficient (Wildman–Crippen LogP) is 1.93. The van der Waals surface area contributed by atoms with Gasteiger partial charge >= 0.3 is 11.8 Å². The number of carbonyl (C=O) groups excluding carboxylic acids is 1. The van der Waals surface area contributed by atoms with Crippen molar-refractivity contribution < 1.29 is 26.9 Å². The molecule has 0 aliphatic carbocycles. The number of aromatic nitrogens is 2. The molecule has 1 fully saturated rings. The average Bonchev–Trinajstić information content (AvgIpc) is 3.46. The lowest BCUT2D eigenvalue weighted by Gasteiger charge is -2.25. The summed E-state index contributed by atoms with van der Waals surface area (Å²) in [5.41, 5.74) is 1.00. The second-order valence-corrected chi connectivity index (χ2v) is 9.16. The summed E-state index contributed by atoms with van der Waals surface area (Å²) in [6.07, 6.45) is 1.49. The first-order valence-electron chi connectivity index (χ1n) is 9.67. The first-order valence-corrected chi connectivity index (χ1v) is 11.1. The standard InChI is InChI=1S/C20H22N4O6S/c1-14-5-6-15(12-17(14)31(26,27)23(2)13-16-4-3-9-29-16)18-21-19(30-22-18)20(25)24-7-10-28-11-8-24/h3-6,9,12H,7-8,10-11,13H2,1-2H3. The highest BCUT2D eigenvalue weighted by Gasteiger charge is 2.27. The summed E-state index contributed by atoms with van der Waals surface area (Å²) in [7, 11) is -2.32. The van der Waals surface area contributed by atoms with Crippen molar-refractivity contribution in [3.63, 3.8) is 0 Å². The van der Waals surface area contributed by atoms with Gasteiger partial charge in [-0.25, -0.2) is 8.42 Å². The summed E-state index contributed by atoms with van der Waals surface area (Å²) in [6.45, 7) is 3.62. The van der Waals surface area contributed by atoms with Crippen molar-refractivity contribution in [3.8, 4) is 11.4 Å². The van der Waals surface area contributed by atoms with Gasteiger partial charge in [0.25, 0.3) is 0 Å². The van der Waals surface area contributed by atoms with E-state index in [0.717, 1.165) is 0 Å².